The number of carboxylic acids is 1. The Bertz CT molecular complexity index is 1360. The lowest BCUT2D eigenvalue weighted by Gasteiger charge is -2.07. The summed E-state index contributed by atoms with van der Waals surface area (Å²) in [6, 6.07) is 19.2. The summed E-state index contributed by atoms with van der Waals surface area (Å²) in [6.45, 7) is 2.15. The number of hydrogen-bond donors (Lipinski definition) is 2. The van der Waals surface area contributed by atoms with Gasteiger partial charge in [-0.15, -0.1) is 11.3 Å². The minimum absolute atomic E-state index is 0.136. The fraction of sp³-hybridized carbons (Fsp3) is 0.0833. The molecule has 2 heterocycles. The lowest BCUT2D eigenvalue weighted by Crippen LogP contribution is -1.97. The summed E-state index contributed by atoms with van der Waals surface area (Å²) in [5.41, 5.74) is 3.52. The average Bonchev–Trinajstić information content (AvgIpc) is 3.18. The van der Waals surface area contributed by atoms with Gasteiger partial charge in [0, 0.05) is 6.07 Å². The van der Waals surface area contributed by atoms with Crippen LogP contribution in [0.5, 0.6) is 11.6 Å². The standard InChI is InChI=1S/C24H17N3O4S/c1-14-23(32-22(26-14)13-31-21-7-3-6-18(12-25)27-21)17-5-2-4-15(10-17)16-8-9-19(24(29)30)20(28)11-16/h2-11,28H,13H2,1H3,(H,29,30). The van der Waals surface area contributed by atoms with Crippen LogP contribution in [0.4, 0.5) is 0 Å². The Morgan fingerprint density at radius 2 is 1.81 bits per heavy atom. The largest absolute Gasteiger partial charge is 0.507 e. The summed E-state index contributed by atoms with van der Waals surface area (Å²) in [6.07, 6.45) is 0. The summed E-state index contributed by atoms with van der Waals surface area (Å²) in [5, 5.41) is 28.8. The molecular formula is C24H17N3O4S. The first-order valence-corrected chi connectivity index (χ1v) is 10.4. The van der Waals surface area contributed by atoms with Gasteiger partial charge in [0.2, 0.25) is 5.88 Å². The van der Waals surface area contributed by atoms with Gasteiger partial charge in [-0.05, 0) is 47.9 Å². The Morgan fingerprint density at radius 1 is 1.06 bits per heavy atom. The van der Waals surface area contributed by atoms with Crippen LogP contribution in [0.3, 0.4) is 0 Å². The average molecular weight is 443 g/mol. The van der Waals surface area contributed by atoms with Gasteiger partial charge in [0.1, 0.15) is 34.7 Å². The SMILES string of the molecule is Cc1nc(COc2cccc(C#N)n2)sc1-c1cccc(-c2ccc(C(=O)O)c(O)c2)c1. The second-order valence-corrected chi connectivity index (χ2v) is 7.99. The molecule has 0 amide bonds. The van der Waals surface area contributed by atoms with E-state index < -0.39 is 5.97 Å². The number of phenols is 1. The molecule has 0 aliphatic rings. The van der Waals surface area contributed by atoms with Crippen LogP contribution in [0.25, 0.3) is 21.6 Å². The zero-order chi connectivity index (χ0) is 22.7. The molecule has 0 radical (unpaired) electrons. The number of carboxylic acid groups (broad SMARTS) is 1. The van der Waals surface area contributed by atoms with Crippen molar-refractivity contribution in [2.75, 3.05) is 0 Å². The van der Waals surface area contributed by atoms with Crippen molar-refractivity contribution < 1.29 is 19.7 Å². The highest BCUT2D eigenvalue weighted by Gasteiger charge is 2.14. The molecule has 32 heavy (non-hydrogen) atoms. The number of pyridine rings is 1. The molecule has 158 valence electrons. The van der Waals surface area contributed by atoms with E-state index in [2.05, 4.69) is 9.97 Å². The fourth-order valence-electron chi connectivity index (χ4n) is 3.21. The molecule has 2 aromatic carbocycles. The topological polar surface area (TPSA) is 116 Å². The fourth-order valence-corrected chi connectivity index (χ4v) is 4.18. The van der Waals surface area contributed by atoms with Gasteiger partial charge in [-0.25, -0.2) is 14.8 Å². The molecule has 2 N–H and O–H groups in total. The lowest BCUT2D eigenvalue weighted by atomic mass is 10.0. The highest BCUT2D eigenvalue weighted by Crippen LogP contribution is 2.34. The molecule has 0 bridgehead atoms. The summed E-state index contributed by atoms with van der Waals surface area (Å²) in [7, 11) is 0. The van der Waals surface area contributed by atoms with Gasteiger partial charge in [0.15, 0.2) is 0 Å². The molecule has 0 atom stereocenters. The van der Waals surface area contributed by atoms with Crippen molar-refractivity contribution in [3.63, 3.8) is 0 Å². The monoisotopic (exact) mass is 443 g/mol. The van der Waals surface area contributed by atoms with Crippen LogP contribution in [0, 0.1) is 18.3 Å². The van der Waals surface area contributed by atoms with Crippen molar-refractivity contribution in [3.8, 4) is 39.3 Å². The van der Waals surface area contributed by atoms with Crippen molar-refractivity contribution >= 4 is 17.3 Å². The Kier molecular flexibility index (Phi) is 5.83. The number of rotatable bonds is 6. The predicted molar refractivity (Wildman–Crippen MR) is 120 cm³/mol. The molecule has 0 aliphatic carbocycles. The smallest absolute Gasteiger partial charge is 0.339 e. The normalized spacial score (nSPS) is 10.5. The van der Waals surface area contributed by atoms with Gasteiger partial charge < -0.3 is 14.9 Å². The number of hydrogen-bond acceptors (Lipinski definition) is 7. The van der Waals surface area contributed by atoms with Gasteiger partial charge >= 0.3 is 5.97 Å². The van der Waals surface area contributed by atoms with E-state index in [-0.39, 0.29) is 23.6 Å². The Hall–Kier alpha value is -4.22. The van der Waals surface area contributed by atoms with E-state index in [0.29, 0.717) is 11.4 Å². The first-order chi connectivity index (χ1) is 15.4. The summed E-state index contributed by atoms with van der Waals surface area (Å²) < 4.78 is 5.69. The third-order valence-corrected chi connectivity index (χ3v) is 5.89. The van der Waals surface area contributed by atoms with E-state index in [9.17, 15) is 9.90 Å². The number of aromatic carboxylic acids is 1. The van der Waals surface area contributed by atoms with E-state index in [0.717, 1.165) is 26.7 Å². The summed E-state index contributed by atoms with van der Waals surface area (Å²) in [5.74, 6) is -1.08. The van der Waals surface area contributed by atoms with Crippen LogP contribution >= 0.6 is 11.3 Å². The number of nitriles is 1. The van der Waals surface area contributed by atoms with Crippen molar-refractivity contribution in [1.82, 2.24) is 9.97 Å². The zero-order valence-corrected chi connectivity index (χ0v) is 17.8. The number of nitrogens with zero attached hydrogens (tertiary/aromatic N) is 3. The molecule has 2 aromatic heterocycles. The van der Waals surface area contributed by atoms with Gasteiger partial charge in [0.05, 0.1) is 10.6 Å². The summed E-state index contributed by atoms with van der Waals surface area (Å²) in [4.78, 5) is 20.8. The quantitative estimate of drug-likeness (QED) is 0.429. The molecule has 0 spiro atoms. The predicted octanol–water partition coefficient (Wildman–Crippen LogP) is 5.04. The number of aryl methyl sites for hydroxylation is 1. The zero-order valence-electron chi connectivity index (χ0n) is 16.9. The van der Waals surface area contributed by atoms with Crippen molar-refractivity contribution in [1.29, 1.82) is 5.26 Å². The molecular weight excluding hydrogens is 426 g/mol. The Labute approximate surface area is 187 Å². The second kappa shape index (κ2) is 8.88. The second-order valence-electron chi connectivity index (χ2n) is 6.90. The van der Waals surface area contributed by atoms with E-state index in [1.807, 2.05) is 37.3 Å². The van der Waals surface area contributed by atoms with E-state index in [1.165, 1.54) is 23.5 Å². The molecule has 0 aliphatic heterocycles. The van der Waals surface area contributed by atoms with Crippen LogP contribution in [-0.2, 0) is 6.61 Å². The molecule has 0 saturated heterocycles. The number of aromatic nitrogens is 2. The van der Waals surface area contributed by atoms with Crippen LogP contribution in [0.15, 0.2) is 60.7 Å². The number of carbonyl (C=O) groups is 1. The first-order valence-electron chi connectivity index (χ1n) is 9.58. The van der Waals surface area contributed by atoms with Gasteiger partial charge in [-0.1, -0.05) is 30.3 Å². The maximum Gasteiger partial charge on any atom is 0.339 e. The van der Waals surface area contributed by atoms with Gasteiger partial charge in [0.25, 0.3) is 0 Å². The van der Waals surface area contributed by atoms with E-state index in [4.69, 9.17) is 15.1 Å². The number of benzene rings is 2. The lowest BCUT2D eigenvalue weighted by molar-refractivity contribution is 0.0693. The van der Waals surface area contributed by atoms with E-state index >= 15 is 0 Å². The van der Waals surface area contributed by atoms with Crippen molar-refractivity contribution in [3.05, 3.63) is 82.6 Å². The van der Waals surface area contributed by atoms with Crippen molar-refractivity contribution in [2.45, 2.75) is 13.5 Å². The molecule has 8 heteroatoms. The highest BCUT2D eigenvalue weighted by atomic mass is 32.1. The third-order valence-electron chi connectivity index (χ3n) is 4.71. The molecule has 0 saturated carbocycles. The van der Waals surface area contributed by atoms with E-state index in [1.54, 1.807) is 24.3 Å². The Balaban J connectivity index is 1.57. The maximum atomic E-state index is 11.1. The summed E-state index contributed by atoms with van der Waals surface area (Å²) >= 11 is 1.50. The molecule has 0 unspecified atom stereocenters. The number of thiazole rings is 1. The van der Waals surface area contributed by atoms with Gasteiger partial charge in [-0.3, -0.25) is 0 Å². The van der Waals surface area contributed by atoms with Crippen LogP contribution in [0.1, 0.15) is 26.8 Å². The third kappa shape index (κ3) is 4.43. The van der Waals surface area contributed by atoms with Crippen LogP contribution < -0.4 is 4.74 Å². The van der Waals surface area contributed by atoms with Crippen LogP contribution in [0.2, 0.25) is 0 Å². The van der Waals surface area contributed by atoms with Crippen LogP contribution in [-0.4, -0.2) is 26.2 Å². The minimum atomic E-state index is -1.17. The molecule has 7 nitrogen and oxygen atoms in total. The van der Waals surface area contributed by atoms with Gasteiger partial charge in [-0.2, -0.15) is 5.26 Å². The van der Waals surface area contributed by atoms with Crippen molar-refractivity contribution in [2.24, 2.45) is 0 Å². The molecule has 0 fully saturated rings. The maximum absolute atomic E-state index is 11.1. The number of ether oxygens (including phenoxy) is 1. The molecule has 4 rings (SSSR count). The molecule has 4 aromatic rings. The Morgan fingerprint density at radius 3 is 2.56 bits per heavy atom. The number of aromatic hydroxyl groups is 1. The first kappa shape index (κ1) is 21.0. The minimum Gasteiger partial charge on any atom is -0.507 e. The highest BCUT2D eigenvalue weighted by molar-refractivity contribution is 7.15.